The van der Waals surface area contributed by atoms with Crippen LogP contribution in [0.1, 0.15) is 17.2 Å². The Morgan fingerprint density at radius 1 is 0.935 bits per heavy atom. The van der Waals surface area contributed by atoms with Crippen LogP contribution in [-0.4, -0.2) is 21.9 Å². The van der Waals surface area contributed by atoms with Gasteiger partial charge in [-0.15, -0.1) is 10.2 Å². The SMILES string of the molecule is O=C(CSc1nnc(-c2ccccc2Br)o1)NC(Cc1ccccc1)c1ccccc1. The monoisotopic (exact) mass is 493 g/mol. The van der Waals surface area contributed by atoms with E-state index in [4.69, 9.17) is 4.42 Å². The van der Waals surface area contributed by atoms with Gasteiger partial charge in [-0.3, -0.25) is 4.79 Å². The molecule has 31 heavy (non-hydrogen) atoms. The normalized spacial score (nSPS) is 11.8. The number of halogens is 1. The van der Waals surface area contributed by atoms with Gasteiger partial charge in [0.15, 0.2) is 0 Å². The van der Waals surface area contributed by atoms with Gasteiger partial charge in [0.2, 0.25) is 11.8 Å². The van der Waals surface area contributed by atoms with E-state index < -0.39 is 0 Å². The predicted molar refractivity (Wildman–Crippen MR) is 126 cm³/mol. The number of carbonyl (C=O) groups is 1. The quantitative estimate of drug-likeness (QED) is 0.319. The summed E-state index contributed by atoms with van der Waals surface area (Å²) in [6.45, 7) is 0. The van der Waals surface area contributed by atoms with Crippen molar-refractivity contribution >= 4 is 33.6 Å². The lowest BCUT2D eigenvalue weighted by molar-refractivity contribution is -0.119. The van der Waals surface area contributed by atoms with E-state index >= 15 is 0 Å². The number of aromatic nitrogens is 2. The van der Waals surface area contributed by atoms with Crippen molar-refractivity contribution < 1.29 is 9.21 Å². The topological polar surface area (TPSA) is 68.0 Å². The van der Waals surface area contributed by atoms with E-state index in [2.05, 4.69) is 43.6 Å². The van der Waals surface area contributed by atoms with E-state index in [1.54, 1.807) is 0 Å². The van der Waals surface area contributed by atoms with Crippen molar-refractivity contribution in [3.05, 3.63) is 101 Å². The third-order valence-corrected chi connectivity index (χ3v) is 6.17. The Balaban J connectivity index is 1.40. The molecular weight excluding hydrogens is 474 g/mol. The smallest absolute Gasteiger partial charge is 0.277 e. The van der Waals surface area contributed by atoms with E-state index in [-0.39, 0.29) is 17.7 Å². The van der Waals surface area contributed by atoms with Crippen molar-refractivity contribution in [2.75, 3.05) is 5.75 Å². The molecule has 4 aromatic rings. The summed E-state index contributed by atoms with van der Waals surface area (Å²) in [5, 5.41) is 11.7. The molecule has 1 amide bonds. The van der Waals surface area contributed by atoms with Crippen molar-refractivity contribution in [3.63, 3.8) is 0 Å². The highest BCUT2D eigenvalue weighted by atomic mass is 79.9. The molecule has 1 heterocycles. The third kappa shape index (κ3) is 5.83. The molecule has 0 aliphatic carbocycles. The van der Waals surface area contributed by atoms with E-state index in [9.17, 15) is 4.79 Å². The minimum Gasteiger partial charge on any atom is -0.411 e. The molecule has 4 rings (SSSR count). The van der Waals surface area contributed by atoms with Crippen molar-refractivity contribution in [1.29, 1.82) is 0 Å². The van der Waals surface area contributed by atoms with E-state index in [1.807, 2.05) is 72.8 Å². The predicted octanol–water partition coefficient (Wildman–Crippen LogP) is 5.69. The number of nitrogens with zero attached hydrogens (tertiary/aromatic N) is 2. The summed E-state index contributed by atoms with van der Waals surface area (Å²) in [5.41, 5.74) is 3.05. The summed E-state index contributed by atoms with van der Waals surface area (Å²) in [4.78, 5) is 12.7. The van der Waals surface area contributed by atoms with Crippen LogP contribution in [0, 0.1) is 0 Å². The molecule has 0 radical (unpaired) electrons. The van der Waals surface area contributed by atoms with Crippen molar-refractivity contribution in [1.82, 2.24) is 15.5 Å². The van der Waals surface area contributed by atoms with E-state index in [0.717, 1.165) is 15.6 Å². The number of carbonyl (C=O) groups excluding carboxylic acids is 1. The zero-order valence-electron chi connectivity index (χ0n) is 16.6. The average molecular weight is 494 g/mol. The van der Waals surface area contributed by atoms with Crippen LogP contribution in [0.15, 0.2) is 99.0 Å². The fourth-order valence-corrected chi connectivity index (χ4v) is 4.19. The number of thioether (sulfide) groups is 1. The lowest BCUT2D eigenvalue weighted by Crippen LogP contribution is -2.31. The molecule has 0 saturated carbocycles. The number of rotatable bonds is 8. The summed E-state index contributed by atoms with van der Waals surface area (Å²) >= 11 is 4.71. The highest BCUT2D eigenvalue weighted by Crippen LogP contribution is 2.29. The average Bonchev–Trinajstić information content (AvgIpc) is 3.28. The zero-order valence-corrected chi connectivity index (χ0v) is 19.0. The highest BCUT2D eigenvalue weighted by Gasteiger charge is 2.17. The first-order chi connectivity index (χ1) is 15.2. The maximum atomic E-state index is 12.7. The number of amides is 1. The van der Waals surface area contributed by atoms with E-state index in [0.29, 0.717) is 17.5 Å². The summed E-state index contributed by atoms with van der Waals surface area (Å²) in [7, 11) is 0. The molecule has 3 aromatic carbocycles. The van der Waals surface area contributed by atoms with Gasteiger partial charge in [0, 0.05) is 4.47 Å². The largest absolute Gasteiger partial charge is 0.411 e. The van der Waals surface area contributed by atoms with Gasteiger partial charge in [0.05, 0.1) is 17.4 Å². The Bertz CT molecular complexity index is 1140. The molecule has 0 bridgehead atoms. The molecule has 0 aliphatic rings. The van der Waals surface area contributed by atoms with E-state index in [1.165, 1.54) is 17.3 Å². The van der Waals surface area contributed by atoms with Gasteiger partial charge in [-0.2, -0.15) is 0 Å². The van der Waals surface area contributed by atoms with Gasteiger partial charge in [0.1, 0.15) is 0 Å². The molecule has 5 nitrogen and oxygen atoms in total. The van der Waals surface area contributed by atoms with Gasteiger partial charge >= 0.3 is 0 Å². The Labute approximate surface area is 193 Å². The lowest BCUT2D eigenvalue weighted by atomic mass is 9.99. The lowest BCUT2D eigenvalue weighted by Gasteiger charge is -2.19. The Morgan fingerprint density at radius 3 is 2.35 bits per heavy atom. The van der Waals surface area contributed by atoms with Crippen LogP contribution >= 0.6 is 27.7 Å². The van der Waals surface area contributed by atoms with Gasteiger partial charge in [-0.05, 0) is 45.6 Å². The molecule has 156 valence electrons. The molecule has 7 heteroatoms. The summed E-state index contributed by atoms with van der Waals surface area (Å²) in [6.07, 6.45) is 0.716. The number of benzene rings is 3. The zero-order chi connectivity index (χ0) is 21.5. The van der Waals surface area contributed by atoms with Crippen LogP contribution in [0.25, 0.3) is 11.5 Å². The summed E-state index contributed by atoms with van der Waals surface area (Å²) in [6, 6.07) is 27.7. The maximum Gasteiger partial charge on any atom is 0.277 e. The minimum absolute atomic E-state index is 0.0876. The van der Waals surface area contributed by atoms with Crippen molar-refractivity contribution in [3.8, 4) is 11.5 Å². The molecule has 0 fully saturated rings. The molecule has 0 saturated heterocycles. The molecule has 1 aromatic heterocycles. The Morgan fingerprint density at radius 2 is 1.61 bits per heavy atom. The first kappa shape index (κ1) is 21.3. The fraction of sp³-hybridized carbons (Fsp3) is 0.125. The first-order valence-electron chi connectivity index (χ1n) is 9.78. The Hall–Kier alpha value is -2.90. The second-order valence-electron chi connectivity index (χ2n) is 6.86. The van der Waals surface area contributed by atoms with Crippen LogP contribution in [0.3, 0.4) is 0 Å². The third-order valence-electron chi connectivity index (χ3n) is 4.66. The van der Waals surface area contributed by atoms with Crippen LogP contribution in [0.2, 0.25) is 0 Å². The second kappa shape index (κ2) is 10.4. The van der Waals surface area contributed by atoms with Gasteiger partial charge in [0.25, 0.3) is 5.22 Å². The maximum absolute atomic E-state index is 12.7. The minimum atomic E-state index is -0.116. The molecule has 1 N–H and O–H groups in total. The molecule has 0 spiro atoms. The fourth-order valence-electron chi connectivity index (χ4n) is 3.16. The van der Waals surface area contributed by atoms with Crippen LogP contribution in [-0.2, 0) is 11.2 Å². The van der Waals surface area contributed by atoms with Gasteiger partial charge < -0.3 is 9.73 Å². The number of nitrogens with one attached hydrogen (secondary N) is 1. The highest BCUT2D eigenvalue weighted by molar-refractivity contribution is 9.10. The molecule has 1 unspecified atom stereocenters. The van der Waals surface area contributed by atoms with Crippen LogP contribution < -0.4 is 5.32 Å². The van der Waals surface area contributed by atoms with Crippen LogP contribution in [0.4, 0.5) is 0 Å². The Kier molecular flexibility index (Phi) is 7.17. The molecule has 1 atom stereocenters. The van der Waals surface area contributed by atoms with Gasteiger partial charge in [-0.1, -0.05) is 84.6 Å². The number of hydrogen-bond acceptors (Lipinski definition) is 5. The van der Waals surface area contributed by atoms with Crippen molar-refractivity contribution in [2.45, 2.75) is 17.7 Å². The van der Waals surface area contributed by atoms with Crippen molar-refractivity contribution in [2.24, 2.45) is 0 Å². The number of hydrogen-bond donors (Lipinski definition) is 1. The molecular formula is C24H20BrN3O2S. The summed E-state index contributed by atoms with van der Waals surface area (Å²) in [5.74, 6) is 0.521. The second-order valence-corrected chi connectivity index (χ2v) is 8.64. The van der Waals surface area contributed by atoms with Gasteiger partial charge in [-0.25, -0.2) is 0 Å². The van der Waals surface area contributed by atoms with Crippen LogP contribution in [0.5, 0.6) is 0 Å². The first-order valence-corrected chi connectivity index (χ1v) is 11.6. The standard InChI is InChI=1S/C24H20BrN3O2S/c25-20-14-8-7-13-19(20)23-27-28-24(30-23)31-16-22(29)26-21(18-11-5-2-6-12-18)15-17-9-3-1-4-10-17/h1-14,21H,15-16H2,(H,26,29). The molecule has 0 aliphatic heterocycles. The summed E-state index contributed by atoms with van der Waals surface area (Å²) < 4.78 is 6.59.